The average Bonchev–Trinajstić information content (AvgIpc) is 2.68. The standard InChI is InChI=1S/C14H23N3O2/c1-4-13-12(7-15-17(13)8-9(2)3)14(19)16-10-5-11(18)6-10/h7,9-11,18H,4-6,8H2,1-3H3,(H,16,19). The van der Waals surface area contributed by atoms with Crippen molar-refractivity contribution in [2.45, 2.75) is 58.7 Å². The Kier molecular flexibility index (Phi) is 4.24. The quantitative estimate of drug-likeness (QED) is 0.844. The van der Waals surface area contributed by atoms with Crippen molar-refractivity contribution in [1.82, 2.24) is 15.1 Å². The van der Waals surface area contributed by atoms with E-state index in [4.69, 9.17) is 0 Å². The lowest BCUT2D eigenvalue weighted by Crippen LogP contribution is -2.46. The molecule has 1 aliphatic carbocycles. The molecule has 106 valence electrons. The van der Waals surface area contributed by atoms with Crippen molar-refractivity contribution in [2.75, 3.05) is 0 Å². The zero-order valence-electron chi connectivity index (χ0n) is 11.9. The predicted molar refractivity (Wildman–Crippen MR) is 72.9 cm³/mol. The first-order chi connectivity index (χ1) is 9.01. The van der Waals surface area contributed by atoms with E-state index in [0.717, 1.165) is 18.7 Å². The summed E-state index contributed by atoms with van der Waals surface area (Å²) in [5.74, 6) is 0.437. The molecule has 1 aromatic rings. The van der Waals surface area contributed by atoms with Crippen molar-refractivity contribution < 1.29 is 9.90 Å². The number of hydrogen-bond donors (Lipinski definition) is 2. The fourth-order valence-electron chi connectivity index (χ4n) is 2.45. The van der Waals surface area contributed by atoms with Crippen molar-refractivity contribution in [3.63, 3.8) is 0 Å². The van der Waals surface area contributed by atoms with Gasteiger partial charge in [0.25, 0.3) is 5.91 Å². The highest BCUT2D eigenvalue weighted by atomic mass is 16.3. The van der Waals surface area contributed by atoms with Gasteiger partial charge < -0.3 is 10.4 Å². The summed E-state index contributed by atoms with van der Waals surface area (Å²) in [4.78, 5) is 12.2. The first-order valence-corrected chi connectivity index (χ1v) is 7.04. The third-order valence-corrected chi connectivity index (χ3v) is 3.51. The van der Waals surface area contributed by atoms with Gasteiger partial charge in [-0.05, 0) is 25.2 Å². The molecule has 2 N–H and O–H groups in total. The van der Waals surface area contributed by atoms with Crippen LogP contribution in [0.15, 0.2) is 6.20 Å². The average molecular weight is 265 g/mol. The molecule has 19 heavy (non-hydrogen) atoms. The van der Waals surface area contributed by atoms with Gasteiger partial charge in [0.15, 0.2) is 0 Å². The van der Waals surface area contributed by atoms with E-state index in [2.05, 4.69) is 24.3 Å². The summed E-state index contributed by atoms with van der Waals surface area (Å²) >= 11 is 0. The van der Waals surface area contributed by atoms with E-state index in [0.29, 0.717) is 24.3 Å². The molecule has 0 spiro atoms. The fraction of sp³-hybridized carbons (Fsp3) is 0.714. The van der Waals surface area contributed by atoms with E-state index < -0.39 is 0 Å². The third kappa shape index (κ3) is 3.15. The molecule has 0 radical (unpaired) electrons. The Bertz CT molecular complexity index is 448. The van der Waals surface area contributed by atoms with Crippen LogP contribution in [-0.2, 0) is 13.0 Å². The number of amides is 1. The molecule has 0 saturated heterocycles. The van der Waals surface area contributed by atoms with Gasteiger partial charge in [-0.25, -0.2) is 0 Å². The van der Waals surface area contributed by atoms with E-state index in [1.165, 1.54) is 0 Å². The van der Waals surface area contributed by atoms with Crippen molar-refractivity contribution >= 4 is 5.91 Å². The molecule has 5 nitrogen and oxygen atoms in total. The number of nitrogens with one attached hydrogen (secondary N) is 1. The van der Waals surface area contributed by atoms with Gasteiger partial charge in [-0.2, -0.15) is 5.10 Å². The third-order valence-electron chi connectivity index (χ3n) is 3.51. The minimum absolute atomic E-state index is 0.0660. The van der Waals surface area contributed by atoms with Gasteiger partial charge in [-0.3, -0.25) is 9.48 Å². The van der Waals surface area contributed by atoms with Crippen LogP contribution in [0.2, 0.25) is 0 Å². The van der Waals surface area contributed by atoms with Gasteiger partial charge in [-0.15, -0.1) is 0 Å². The first kappa shape index (κ1) is 14.1. The van der Waals surface area contributed by atoms with Crippen LogP contribution in [0.4, 0.5) is 0 Å². The summed E-state index contributed by atoms with van der Waals surface area (Å²) in [6, 6.07) is 0.112. The second kappa shape index (κ2) is 5.74. The van der Waals surface area contributed by atoms with E-state index in [9.17, 15) is 9.90 Å². The van der Waals surface area contributed by atoms with Crippen LogP contribution in [0, 0.1) is 5.92 Å². The molecular formula is C14H23N3O2. The first-order valence-electron chi connectivity index (χ1n) is 7.04. The van der Waals surface area contributed by atoms with Crippen LogP contribution in [0.3, 0.4) is 0 Å². The minimum Gasteiger partial charge on any atom is -0.393 e. The van der Waals surface area contributed by atoms with Gasteiger partial charge in [0.1, 0.15) is 0 Å². The Hall–Kier alpha value is -1.36. The normalized spacial score (nSPS) is 22.4. The molecule has 0 bridgehead atoms. The largest absolute Gasteiger partial charge is 0.393 e. The Morgan fingerprint density at radius 2 is 2.26 bits per heavy atom. The second-order valence-corrected chi connectivity index (χ2v) is 5.73. The van der Waals surface area contributed by atoms with E-state index in [-0.39, 0.29) is 18.1 Å². The Balaban J connectivity index is 2.06. The summed E-state index contributed by atoms with van der Waals surface area (Å²) in [6.45, 7) is 7.14. The van der Waals surface area contributed by atoms with Crippen LogP contribution >= 0.6 is 0 Å². The molecule has 1 aromatic heterocycles. The lowest BCUT2D eigenvalue weighted by Gasteiger charge is -2.31. The van der Waals surface area contributed by atoms with Gasteiger partial charge in [0, 0.05) is 12.6 Å². The number of hydrogen-bond acceptors (Lipinski definition) is 3. The SMILES string of the molecule is CCc1c(C(=O)NC2CC(O)C2)cnn1CC(C)C. The molecule has 5 heteroatoms. The monoisotopic (exact) mass is 265 g/mol. The van der Waals surface area contributed by atoms with Gasteiger partial charge in [-0.1, -0.05) is 20.8 Å². The minimum atomic E-state index is -0.250. The summed E-state index contributed by atoms with van der Waals surface area (Å²) in [6.07, 6.45) is 3.52. The highest BCUT2D eigenvalue weighted by Crippen LogP contribution is 2.20. The maximum absolute atomic E-state index is 12.2. The Morgan fingerprint density at radius 3 is 2.79 bits per heavy atom. The number of aliphatic hydroxyl groups is 1. The maximum atomic E-state index is 12.2. The Morgan fingerprint density at radius 1 is 1.58 bits per heavy atom. The van der Waals surface area contributed by atoms with Crippen LogP contribution in [0.1, 0.15) is 49.7 Å². The number of aromatic nitrogens is 2. The summed E-state index contributed by atoms with van der Waals surface area (Å²) in [5.41, 5.74) is 1.66. The van der Waals surface area contributed by atoms with E-state index in [1.807, 2.05) is 11.6 Å². The molecule has 0 atom stereocenters. The number of carbonyl (C=O) groups excluding carboxylic acids is 1. The maximum Gasteiger partial charge on any atom is 0.254 e. The molecule has 1 saturated carbocycles. The van der Waals surface area contributed by atoms with Crippen molar-refractivity contribution in [2.24, 2.45) is 5.92 Å². The fourth-order valence-corrected chi connectivity index (χ4v) is 2.45. The van der Waals surface area contributed by atoms with E-state index >= 15 is 0 Å². The van der Waals surface area contributed by atoms with Crippen LogP contribution in [-0.4, -0.2) is 32.9 Å². The van der Waals surface area contributed by atoms with Crippen LogP contribution in [0.25, 0.3) is 0 Å². The molecule has 2 rings (SSSR count). The van der Waals surface area contributed by atoms with Gasteiger partial charge in [0.2, 0.25) is 0 Å². The Labute approximate surface area is 114 Å². The zero-order chi connectivity index (χ0) is 14.0. The lowest BCUT2D eigenvalue weighted by molar-refractivity contribution is 0.0562. The molecule has 0 aromatic carbocycles. The molecule has 1 aliphatic rings. The predicted octanol–water partition coefficient (Wildman–Crippen LogP) is 1.35. The highest BCUT2D eigenvalue weighted by Gasteiger charge is 2.29. The number of carbonyl (C=O) groups is 1. The van der Waals surface area contributed by atoms with Gasteiger partial charge in [0.05, 0.1) is 23.6 Å². The van der Waals surface area contributed by atoms with Crippen LogP contribution < -0.4 is 5.32 Å². The van der Waals surface area contributed by atoms with E-state index in [1.54, 1.807) is 6.20 Å². The van der Waals surface area contributed by atoms with Crippen molar-refractivity contribution in [3.8, 4) is 0 Å². The smallest absolute Gasteiger partial charge is 0.254 e. The second-order valence-electron chi connectivity index (χ2n) is 5.73. The summed E-state index contributed by atoms with van der Waals surface area (Å²) < 4.78 is 1.93. The van der Waals surface area contributed by atoms with Crippen molar-refractivity contribution in [1.29, 1.82) is 0 Å². The molecular weight excluding hydrogens is 242 g/mol. The van der Waals surface area contributed by atoms with Gasteiger partial charge >= 0.3 is 0 Å². The van der Waals surface area contributed by atoms with Crippen LogP contribution in [0.5, 0.6) is 0 Å². The summed E-state index contributed by atoms with van der Waals surface area (Å²) in [5, 5.41) is 16.5. The molecule has 1 amide bonds. The number of rotatable bonds is 5. The number of nitrogens with zero attached hydrogens (tertiary/aromatic N) is 2. The molecule has 1 heterocycles. The zero-order valence-corrected chi connectivity index (χ0v) is 11.9. The molecule has 1 fully saturated rings. The molecule has 0 aliphatic heterocycles. The lowest BCUT2D eigenvalue weighted by atomic mass is 9.89. The number of aliphatic hydroxyl groups excluding tert-OH is 1. The molecule has 0 unspecified atom stereocenters. The highest BCUT2D eigenvalue weighted by molar-refractivity contribution is 5.95. The van der Waals surface area contributed by atoms with Crippen molar-refractivity contribution in [3.05, 3.63) is 17.5 Å². The summed E-state index contributed by atoms with van der Waals surface area (Å²) in [7, 11) is 0. The topological polar surface area (TPSA) is 67.2 Å².